The van der Waals surface area contributed by atoms with E-state index in [-0.39, 0.29) is 0 Å². The summed E-state index contributed by atoms with van der Waals surface area (Å²) in [4.78, 5) is 0. The van der Waals surface area contributed by atoms with Crippen molar-refractivity contribution in [3.05, 3.63) is 72.9 Å². The van der Waals surface area contributed by atoms with Crippen LogP contribution in [0, 0.1) is 0 Å². The Bertz CT molecular complexity index is 950. The Morgan fingerprint density at radius 2 is 1.96 bits per heavy atom. The molecule has 0 spiro atoms. The Hall–Kier alpha value is -2.73. The molecule has 2 aromatic carbocycles. The second-order valence-electron chi connectivity index (χ2n) is 5.53. The fraction of sp³-hybridized carbons (Fsp3) is 0.158. The summed E-state index contributed by atoms with van der Waals surface area (Å²) < 4.78 is 13.2. The number of nitrogens with zero attached hydrogens (tertiary/aromatic N) is 3. The van der Waals surface area contributed by atoms with Crippen molar-refractivity contribution in [3.63, 3.8) is 0 Å². The van der Waals surface area contributed by atoms with Crippen LogP contribution in [0.2, 0.25) is 0 Å². The number of ether oxygens (including phenoxy) is 1. The van der Waals surface area contributed by atoms with Gasteiger partial charge >= 0.3 is 0 Å². The Kier molecular flexibility index (Phi) is 4.70. The van der Waals surface area contributed by atoms with Crippen LogP contribution in [0.4, 0.5) is 0 Å². The highest BCUT2D eigenvalue weighted by molar-refractivity contribution is 7.99. The third-order valence-corrected chi connectivity index (χ3v) is 4.74. The van der Waals surface area contributed by atoms with E-state index in [0.717, 1.165) is 22.4 Å². The SMILES string of the molecule is c1coc(Cn2cnnc2SCCOc2ccc3ccccc3c2)c1. The van der Waals surface area contributed by atoms with Gasteiger partial charge < -0.3 is 13.7 Å². The summed E-state index contributed by atoms with van der Waals surface area (Å²) in [6, 6.07) is 18.2. The number of hydrogen-bond acceptors (Lipinski definition) is 5. The van der Waals surface area contributed by atoms with Gasteiger partial charge in [0.1, 0.15) is 17.8 Å². The van der Waals surface area contributed by atoms with Gasteiger partial charge in [0, 0.05) is 5.75 Å². The summed E-state index contributed by atoms with van der Waals surface area (Å²) in [5.74, 6) is 2.56. The Balaban J connectivity index is 1.31. The van der Waals surface area contributed by atoms with Gasteiger partial charge in [-0.2, -0.15) is 0 Å². The van der Waals surface area contributed by atoms with E-state index >= 15 is 0 Å². The van der Waals surface area contributed by atoms with Gasteiger partial charge in [0.25, 0.3) is 0 Å². The first-order valence-electron chi connectivity index (χ1n) is 8.03. The van der Waals surface area contributed by atoms with Crippen molar-refractivity contribution >= 4 is 22.5 Å². The first-order valence-corrected chi connectivity index (χ1v) is 9.02. The van der Waals surface area contributed by atoms with E-state index in [1.165, 1.54) is 10.8 Å². The molecule has 0 saturated heterocycles. The van der Waals surface area contributed by atoms with E-state index in [9.17, 15) is 0 Å². The molecule has 6 heteroatoms. The van der Waals surface area contributed by atoms with Crippen molar-refractivity contribution in [2.45, 2.75) is 11.7 Å². The summed E-state index contributed by atoms with van der Waals surface area (Å²) in [5.41, 5.74) is 0. The molecule has 0 fully saturated rings. The molecule has 5 nitrogen and oxygen atoms in total. The molecule has 4 rings (SSSR count). The fourth-order valence-corrected chi connectivity index (χ4v) is 3.32. The summed E-state index contributed by atoms with van der Waals surface area (Å²) in [5, 5.41) is 11.4. The number of benzene rings is 2. The lowest BCUT2D eigenvalue weighted by Crippen LogP contribution is -2.03. The highest BCUT2D eigenvalue weighted by Gasteiger charge is 2.07. The topological polar surface area (TPSA) is 53.1 Å². The van der Waals surface area contributed by atoms with Crippen molar-refractivity contribution in [1.82, 2.24) is 14.8 Å². The number of thioether (sulfide) groups is 1. The first kappa shape index (κ1) is 15.8. The van der Waals surface area contributed by atoms with Crippen molar-refractivity contribution in [2.24, 2.45) is 0 Å². The fourth-order valence-electron chi connectivity index (χ4n) is 2.58. The molecule has 0 saturated carbocycles. The molecule has 0 radical (unpaired) electrons. The standard InChI is InChI=1S/C19H17N3O2S/c1-2-5-16-12-17(8-7-15(16)4-1)24-10-11-25-19-21-20-14-22(19)13-18-6-3-9-23-18/h1-9,12,14H,10-11,13H2. The molecule has 0 amide bonds. The number of hydrogen-bond donors (Lipinski definition) is 0. The van der Waals surface area contributed by atoms with E-state index in [0.29, 0.717) is 13.2 Å². The molecule has 0 aliphatic carbocycles. The van der Waals surface area contributed by atoms with Gasteiger partial charge in [-0.1, -0.05) is 42.1 Å². The second-order valence-corrected chi connectivity index (χ2v) is 6.59. The van der Waals surface area contributed by atoms with Crippen molar-refractivity contribution in [2.75, 3.05) is 12.4 Å². The Labute approximate surface area is 149 Å². The van der Waals surface area contributed by atoms with Crippen LogP contribution in [0.5, 0.6) is 5.75 Å². The summed E-state index contributed by atoms with van der Waals surface area (Å²) in [6.07, 6.45) is 3.39. The minimum Gasteiger partial charge on any atom is -0.493 e. The molecule has 25 heavy (non-hydrogen) atoms. The lowest BCUT2D eigenvalue weighted by Gasteiger charge is -2.08. The smallest absolute Gasteiger partial charge is 0.191 e. The molecule has 0 aliphatic heterocycles. The van der Waals surface area contributed by atoms with E-state index in [1.807, 2.05) is 34.9 Å². The molecule has 2 aromatic heterocycles. The number of rotatable bonds is 7. The zero-order valence-corrected chi connectivity index (χ0v) is 14.4. The lowest BCUT2D eigenvalue weighted by atomic mass is 10.1. The normalized spacial score (nSPS) is 11.0. The van der Waals surface area contributed by atoms with Crippen LogP contribution in [-0.2, 0) is 6.54 Å². The third kappa shape index (κ3) is 3.85. The monoisotopic (exact) mass is 351 g/mol. The van der Waals surface area contributed by atoms with Gasteiger partial charge in [-0.15, -0.1) is 10.2 Å². The van der Waals surface area contributed by atoms with Crippen LogP contribution in [0.15, 0.2) is 76.8 Å². The number of furan rings is 1. The summed E-state index contributed by atoms with van der Waals surface area (Å²) in [6.45, 7) is 1.24. The zero-order valence-electron chi connectivity index (χ0n) is 13.5. The maximum Gasteiger partial charge on any atom is 0.191 e. The molecule has 126 valence electrons. The quantitative estimate of drug-likeness (QED) is 0.368. The van der Waals surface area contributed by atoms with Gasteiger partial charge in [0.15, 0.2) is 5.16 Å². The van der Waals surface area contributed by atoms with Crippen molar-refractivity contribution < 1.29 is 9.15 Å². The average Bonchev–Trinajstić information content (AvgIpc) is 3.31. The lowest BCUT2D eigenvalue weighted by molar-refractivity contribution is 0.344. The van der Waals surface area contributed by atoms with Crippen molar-refractivity contribution in [1.29, 1.82) is 0 Å². The molecule has 0 aliphatic rings. The minimum atomic E-state index is 0.608. The molecule has 4 aromatic rings. The van der Waals surface area contributed by atoms with Crippen LogP contribution < -0.4 is 4.74 Å². The Morgan fingerprint density at radius 1 is 1.04 bits per heavy atom. The first-order chi connectivity index (χ1) is 12.4. The van der Waals surface area contributed by atoms with Crippen LogP contribution in [-0.4, -0.2) is 27.1 Å². The third-order valence-electron chi connectivity index (χ3n) is 3.79. The van der Waals surface area contributed by atoms with E-state index in [2.05, 4.69) is 34.5 Å². The van der Waals surface area contributed by atoms with E-state index < -0.39 is 0 Å². The summed E-state index contributed by atoms with van der Waals surface area (Å²) >= 11 is 1.62. The largest absolute Gasteiger partial charge is 0.493 e. The van der Waals surface area contributed by atoms with E-state index in [4.69, 9.17) is 9.15 Å². The number of fused-ring (bicyclic) bond motifs is 1. The predicted octanol–water partition coefficient (Wildman–Crippen LogP) is 4.24. The Morgan fingerprint density at radius 3 is 2.84 bits per heavy atom. The van der Waals surface area contributed by atoms with Crippen LogP contribution >= 0.6 is 11.8 Å². The molecule has 0 N–H and O–H groups in total. The molecular weight excluding hydrogens is 334 g/mol. The molecule has 2 heterocycles. The van der Waals surface area contributed by atoms with Crippen LogP contribution in [0.25, 0.3) is 10.8 Å². The molecule has 0 atom stereocenters. The molecular formula is C19H17N3O2S. The molecule has 0 unspecified atom stereocenters. The van der Waals surface area contributed by atoms with Gasteiger partial charge in [-0.05, 0) is 35.0 Å². The minimum absolute atomic E-state index is 0.608. The highest BCUT2D eigenvalue weighted by atomic mass is 32.2. The molecule has 0 bridgehead atoms. The average molecular weight is 351 g/mol. The maximum atomic E-state index is 5.86. The van der Waals surface area contributed by atoms with E-state index in [1.54, 1.807) is 24.4 Å². The van der Waals surface area contributed by atoms with Gasteiger partial charge in [0.2, 0.25) is 0 Å². The van der Waals surface area contributed by atoms with Gasteiger partial charge in [-0.25, -0.2) is 0 Å². The second kappa shape index (κ2) is 7.44. The van der Waals surface area contributed by atoms with Gasteiger partial charge in [-0.3, -0.25) is 0 Å². The highest BCUT2D eigenvalue weighted by Crippen LogP contribution is 2.21. The van der Waals surface area contributed by atoms with Crippen LogP contribution in [0.3, 0.4) is 0 Å². The number of aromatic nitrogens is 3. The maximum absolute atomic E-state index is 5.86. The van der Waals surface area contributed by atoms with Crippen LogP contribution in [0.1, 0.15) is 5.76 Å². The van der Waals surface area contributed by atoms with Crippen molar-refractivity contribution in [3.8, 4) is 5.75 Å². The predicted molar refractivity (Wildman–Crippen MR) is 98.0 cm³/mol. The van der Waals surface area contributed by atoms with Gasteiger partial charge in [0.05, 0.1) is 19.4 Å². The summed E-state index contributed by atoms with van der Waals surface area (Å²) in [7, 11) is 0. The zero-order chi connectivity index (χ0) is 16.9.